The van der Waals surface area contributed by atoms with Crippen LogP contribution in [0.2, 0.25) is 0 Å². The van der Waals surface area contributed by atoms with Crippen molar-refractivity contribution < 1.29 is 14.3 Å². The van der Waals surface area contributed by atoms with Crippen molar-refractivity contribution in [2.75, 3.05) is 14.2 Å². The lowest BCUT2D eigenvalue weighted by atomic mass is 10.3. The number of aryl methyl sites for hydroxylation is 1. The van der Waals surface area contributed by atoms with Gasteiger partial charge in [0.2, 0.25) is 0 Å². The van der Waals surface area contributed by atoms with E-state index in [0.717, 1.165) is 6.42 Å². The molecule has 2 aromatic heterocycles. The number of rotatable bonds is 6. The zero-order valence-corrected chi connectivity index (χ0v) is 12.6. The minimum atomic E-state index is -0.497. The van der Waals surface area contributed by atoms with Gasteiger partial charge in [0.25, 0.3) is 0 Å². The van der Waals surface area contributed by atoms with Crippen LogP contribution in [0.25, 0.3) is 0 Å². The molecule has 0 spiro atoms. The van der Waals surface area contributed by atoms with Crippen molar-refractivity contribution in [3.8, 4) is 0 Å². The van der Waals surface area contributed by atoms with Crippen LogP contribution < -0.4 is 0 Å². The Balaban J connectivity index is 2.26. The third kappa shape index (κ3) is 3.05. The summed E-state index contributed by atoms with van der Waals surface area (Å²) in [5.74, 6) is -0.497. The van der Waals surface area contributed by atoms with E-state index in [4.69, 9.17) is 9.47 Å². The second-order valence-electron chi connectivity index (χ2n) is 4.19. The number of carbonyl (C=O) groups is 1. The topological polar surface area (TPSA) is 66.2 Å². The molecule has 20 heavy (non-hydrogen) atoms. The van der Waals surface area contributed by atoms with Gasteiger partial charge in [0.15, 0.2) is 5.69 Å². The quantitative estimate of drug-likeness (QED) is 0.761. The fourth-order valence-corrected chi connectivity index (χ4v) is 2.78. The predicted octanol–water partition coefficient (Wildman–Crippen LogP) is 1.88. The van der Waals surface area contributed by atoms with E-state index in [1.54, 1.807) is 23.1 Å². The van der Waals surface area contributed by atoms with Gasteiger partial charge >= 0.3 is 5.97 Å². The molecule has 0 saturated heterocycles. The molecule has 0 radical (unpaired) electrons. The van der Waals surface area contributed by atoms with E-state index in [9.17, 15) is 4.79 Å². The van der Waals surface area contributed by atoms with Crippen molar-refractivity contribution in [1.82, 2.24) is 15.0 Å². The second kappa shape index (κ2) is 6.62. The van der Waals surface area contributed by atoms with E-state index >= 15 is 0 Å². The zero-order valence-electron chi connectivity index (χ0n) is 11.8. The van der Waals surface area contributed by atoms with Gasteiger partial charge in [-0.15, -0.1) is 16.4 Å². The Labute approximate surface area is 121 Å². The van der Waals surface area contributed by atoms with Gasteiger partial charge in [0.1, 0.15) is 0 Å². The molecule has 0 atom stereocenters. The molecule has 0 unspecified atom stereocenters. The van der Waals surface area contributed by atoms with Crippen LogP contribution in [0.3, 0.4) is 0 Å². The molecule has 0 aliphatic carbocycles. The molecule has 6 nitrogen and oxygen atoms in total. The van der Waals surface area contributed by atoms with Crippen molar-refractivity contribution in [3.63, 3.8) is 0 Å². The number of thiophene rings is 1. The van der Waals surface area contributed by atoms with Crippen molar-refractivity contribution in [3.05, 3.63) is 33.3 Å². The third-order valence-corrected chi connectivity index (χ3v) is 4.08. The van der Waals surface area contributed by atoms with Crippen LogP contribution in [0.1, 0.15) is 32.9 Å². The van der Waals surface area contributed by atoms with Gasteiger partial charge < -0.3 is 9.47 Å². The Morgan fingerprint density at radius 1 is 1.35 bits per heavy atom. The lowest BCUT2D eigenvalue weighted by molar-refractivity contribution is 0.0588. The molecule has 2 heterocycles. The first-order valence-electron chi connectivity index (χ1n) is 6.26. The van der Waals surface area contributed by atoms with E-state index in [0.29, 0.717) is 12.2 Å². The van der Waals surface area contributed by atoms with Gasteiger partial charge in [0.05, 0.1) is 26.0 Å². The molecule has 2 rings (SSSR count). The Kier molecular flexibility index (Phi) is 4.86. The van der Waals surface area contributed by atoms with Crippen LogP contribution in [0, 0.1) is 0 Å². The smallest absolute Gasteiger partial charge is 0.360 e. The number of ether oxygens (including phenoxy) is 2. The van der Waals surface area contributed by atoms with E-state index in [-0.39, 0.29) is 12.3 Å². The molecular weight excluding hydrogens is 278 g/mol. The maximum Gasteiger partial charge on any atom is 0.360 e. The van der Waals surface area contributed by atoms with Gasteiger partial charge in [-0.05, 0) is 18.6 Å². The lowest BCUT2D eigenvalue weighted by Crippen LogP contribution is -2.11. The number of hydrogen-bond acceptors (Lipinski definition) is 6. The average Bonchev–Trinajstić information content (AvgIpc) is 3.07. The molecule has 108 valence electrons. The standard InChI is InChI=1S/C13H17N3O3S/c1-4-9-5-6-10(20-9)7-16-11(8-18-2)12(14-15-16)13(17)19-3/h5-6H,4,7-8H2,1-3H3. The Morgan fingerprint density at radius 2 is 2.10 bits per heavy atom. The molecule has 0 N–H and O–H groups in total. The highest BCUT2D eigenvalue weighted by Crippen LogP contribution is 2.19. The molecule has 0 aromatic carbocycles. The molecule has 0 bridgehead atoms. The Bertz CT molecular complexity index is 591. The fourth-order valence-electron chi connectivity index (χ4n) is 1.84. The monoisotopic (exact) mass is 295 g/mol. The van der Waals surface area contributed by atoms with E-state index < -0.39 is 5.97 Å². The molecule has 2 aromatic rings. The van der Waals surface area contributed by atoms with Crippen LogP contribution >= 0.6 is 11.3 Å². The van der Waals surface area contributed by atoms with Crippen LogP contribution in [0.4, 0.5) is 0 Å². The lowest BCUT2D eigenvalue weighted by Gasteiger charge is -2.05. The van der Waals surface area contributed by atoms with Crippen LogP contribution in [0.15, 0.2) is 12.1 Å². The van der Waals surface area contributed by atoms with E-state index in [1.165, 1.54) is 16.9 Å². The number of nitrogens with zero attached hydrogens (tertiary/aromatic N) is 3. The third-order valence-electron chi connectivity index (χ3n) is 2.87. The molecule has 0 aliphatic heterocycles. The van der Waals surface area contributed by atoms with Gasteiger partial charge in [-0.3, -0.25) is 0 Å². The highest BCUT2D eigenvalue weighted by molar-refractivity contribution is 7.11. The highest BCUT2D eigenvalue weighted by atomic mass is 32.1. The molecule has 0 saturated carbocycles. The van der Waals surface area contributed by atoms with Crippen LogP contribution in [-0.4, -0.2) is 35.2 Å². The summed E-state index contributed by atoms with van der Waals surface area (Å²) in [7, 11) is 2.89. The van der Waals surface area contributed by atoms with Crippen molar-refractivity contribution in [2.24, 2.45) is 0 Å². The minimum Gasteiger partial charge on any atom is -0.464 e. The summed E-state index contributed by atoms with van der Waals surface area (Å²) in [6, 6.07) is 4.17. The molecule has 7 heteroatoms. The molecule has 0 fully saturated rings. The predicted molar refractivity (Wildman–Crippen MR) is 74.9 cm³/mol. The van der Waals surface area contributed by atoms with E-state index in [2.05, 4.69) is 29.4 Å². The zero-order chi connectivity index (χ0) is 14.5. The Morgan fingerprint density at radius 3 is 2.70 bits per heavy atom. The van der Waals surface area contributed by atoms with Gasteiger partial charge in [0, 0.05) is 16.9 Å². The summed E-state index contributed by atoms with van der Waals surface area (Å²) in [6.07, 6.45) is 1.01. The van der Waals surface area contributed by atoms with Crippen molar-refractivity contribution >= 4 is 17.3 Å². The van der Waals surface area contributed by atoms with Gasteiger partial charge in [-0.1, -0.05) is 12.1 Å². The molecule has 0 aliphatic rings. The number of carbonyl (C=O) groups excluding carboxylic acids is 1. The number of hydrogen-bond donors (Lipinski definition) is 0. The normalized spacial score (nSPS) is 10.8. The first-order chi connectivity index (χ1) is 9.69. The number of methoxy groups -OCH3 is 2. The SMILES string of the molecule is CCc1ccc(Cn2nnc(C(=O)OC)c2COC)s1. The van der Waals surface area contributed by atoms with Crippen LogP contribution in [-0.2, 0) is 29.0 Å². The maximum absolute atomic E-state index is 11.6. The van der Waals surface area contributed by atoms with Crippen molar-refractivity contribution in [1.29, 1.82) is 0 Å². The highest BCUT2D eigenvalue weighted by Gasteiger charge is 2.20. The number of aromatic nitrogens is 3. The van der Waals surface area contributed by atoms with Gasteiger partial charge in [-0.2, -0.15) is 0 Å². The van der Waals surface area contributed by atoms with Crippen molar-refractivity contribution in [2.45, 2.75) is 26.5 Å². The van der Waals surface area contributed by atoms with Gasteiger partial charge in [-0.25, -0.2) is 9.48 Å². The summed E-state index contributed by atoms with van der Waals surface area (Å²) in [5.41, 5.74) is 0.840. The summed E-state index contributed by atoms with van der Waals surface area (Å²) in [6.45, 7) is 2.97. The fraction of sp³-hybridized carbons (Fsp3) is 0.462. The average molecular weight is 295 g/mol. The first-order valence-corrected chi connectivity index (χ1v) is 7.08. The largest absolute Gasteiger partial charge is 0.464 e. The Hall–Kier alpha value is -1.73. The summed E-state index contributed by atoms with van der Waals surface area (Å²) < 4.78 is 11.5. The first kappa shape index (κ1) is 14.7. The summed E-state index contributed by atoms with van der Waals surface area (Å²) >= 11 is 1.73. The number of esters is 1. The molecule has 0 amide bonds. The molecular formula is C13H17N3O3S. The van der Waals surface area contributed by atoms with E-state index in [1.807, 2.05) is 0 Å². The minimum absolute atomic E-state index is 0.210. The summed E-state index contributed by atoms with van der Waals surface area (Å²) in [5, 5.41) is 7.92. The second-order valence-corrected chi connectivity index (χ2v) is 5.44. The maximum atomic E-state index is 11.6. The summed E-state index contributed by atoms with van der Waals surface area (Å²) in [4.78, 5) is 14.1. The van der Waals surface area contributed by atoms with Crippen LogP contribution in [0.5, 0.6) is 0 Å².